The molecule has 0 aromatic heterocycles. The Morgan fingerprint density at radius 3 is 2.67 bits per heavy atom. The van der Waals surface area contributed by atoms with Crippen LogP contribution in [0.15, 0.2) is 23.1 Å². The fraction of sp³-hybridized carbons (Fsp3) is 0.455. The third kappa shape index (κ3) is 3.19. The van der Waals surface area contributed by atoms with Crippen molar-refractivity contribution >= 4 is 11.8 Å². The molecule has 3 N–H and O–H groups in total. The van der Waals surface area contributed by atoms with Gasteiger partial charge in [-0.2, -0.15) is 0 Å². The van der Waals surface area contributed by atoms with Crippen molar-refractivity contribution in [3.05, 3.63) is 29.6 Å². The number of hydrogen-bond donors (Lipinski definition) is 2. The molecule has 2 unspecified atom stereocenters. The smallest absolute Gasteiger partial charge is 0.129 e. The van der Waals surface area contributed by atoms with E-state index in [1.165, 1.54) is 17.8 Å². The summed E-state index contributed by atoms with van der Waals surface area (Å²) in [7, 11) is 0. The fourth-order valence-corrected chi connectivity index (χ4v) is 2.39. The zero-order chi connectivity index (χ0) is 11.4. The Morgan fingerprint density at radius 1 is 1.47 bits per heavy atom. The Balaban J connectivity index is 3.00. The molecular weight excluding hydrogens is 213 g/mol. The van der Waals surface area contributed by atoms with Gasteiger partial charge in [0.15, 0.2) is 0 Å². The maximum Gasteiger partial charge on any atom is 0.129 e. The molecule has 1 aromatic carbocycles. The summed E-state index contributed by atoms with van der Waals surface area (Å²) in [5.74, 6) is -0.278. The van der Waals surface area contributed by atoms with Crippen LogP contribution in [0.1, 0.15) is 25.5 Å². The second-order valence-electron chi connectivity index (χ2n) is 3.55. The number of benzene rings is 1. The van der Waals surface area contributed by atoms with E-state index in [0.29, 0.717) is 5.56 Å². The van der Waals surface area contributed by atoms with Crippen LogP contribution in [-0.2, 0) is 0 Å². The normalized spacial score (nSPS) is 15.0. The zero-order valence-electron chi connectivity index (χ0n) is 8.90. The lowest BCUT2D eigenvalue weighted by molar-refractivity contribution is 0.300. The lowest BCUT2D eigenvalue weighted by Crippen LogP contribution is -2.10. The molecule has 0 saturated heterocycles. The topological polar surface area (TPSA) is 46.2 Å². The van der Waals surface area contributed by atoms with Gasteiger partial charge in [-0.05, 0) is 19.1 Å². The summed E-state index contributed by atoms with van der Waals surface area (Å²) < 4.78 is 13.5. The van der Waals surface area contributed by atoms with Gasteiger partial charge in [0.25, 0.3) is 0 Å². The molecule has 0 spiro atoms. The summed E-state index contributed by atoms with van der Waals surface area (Å²) in [6.07, 6.45) is 0. The quantitative estimate of drug-likeness (QED) is 0.779. The Labute approximate surface area is 93.7 Å². The second-order valence-corrected chi connectivity index (χ2v) is 5.03. The van der Waals surface area contributed by atoms with Crippen LogP contribution in [0.2, 0.25) is 0 Å². The van der Waals surface area contributed by atoms with Crippen molar-refractivity contribution in [2.24, 2.45) is 5.73 Å². The molecule has 0 aliphatic rings. The average molecular weight is 229 g/mol. The van der Waals surface area contributed by atoms with Gasteiger partial charge in [0.2, 0.25) is 0 Å². The molecule has 1 aromatic rings. The van der Waals surface area contributed by atoms with Gasteiger partial charge < -0.3 is 10.8 Å². The molecule has 4 heteroatoms. The van der Waals surface area contributed by atoms with Crippen LogP contribution >= 0.6 is 11.8 Å². The number of hydrogen-bond acceptors (Lipinski definition) is 3. The summed E-state index contributed by atoms with van der Waals surface area (Å²) >= 11 is 1.44. The van der Waals surface area contributed by atoms with Crippen LogP contribution in [0.3, 0.4) is 0 Å². The van der Waals surface area contributed by atoms with Gasteiger partial charge in [0.1, 0.15) is 5.82 Å². The SMILES string of the molecule is CC(CO)Sc1cccc(F)c1C(C)N. The molecule has 15 heavy (non-hydrogen) atoms. The first-order valence-corrected chi connectivity index (χ1v) is 5.75. The molecule has 0 radical (unpaired) electrons. The largest absolute Gasteiger partial charge is 0.395 e. The molecule has 2 atom stereocenters. The van der Waals surface area contributed by atoms with E-state index in [0.717, 1.165) is 4.90 Å². The molecule has 0 bridgehead atoms. The summed E-state index contributed by atoms with van der Waals surface area (Å²) in [6, 6.07) is 4.57. The van der Waals surface area contributed by atoms with Crippen LogP contribution in [0.4, 0.5) is 4.39 Å². The maximum atomic E-state index is 13.5. The third-order valence-corrected chi connectivity index (χ3v) is 3.21. The predicted molar refractivity (Wildman–Crippen MR) is 61.4 cm³/mol. The van der Waals surface area contributed by atoms with E-state index in [2.05, 4.69) is 0 Å². The average Bonchev–Trinajstić information content (AvgIpc) is 2.17. The van der Waals surface area contributed by atoms with Crippen LogP contribution in [0, 0.1) is 5.82 Å². The number of aliphatic hydroxyl groups is 1. The van der Waals surface area contributed by atoms with E-state index < -0.39 is 0 Å². The highest BCUT2D eigenvalue weighted by Crippen LogP contribution is 2.31. The number of halogens is 1. The van der Waals surface area contributed by atoms with Crippen LogP contribution in [0.25, 0.3) is 0 Å². The molecule has 0 fully saturated rings. The summed E-state index contributed by atoms with van der Waals surface area (Å²) in [4.78, 5) is 0.812. The molecule has 0 saturated carbocycles. The monoisotopic (exact) mass is 229 g/mol. The third-order valence-electron chi connectivity index (χ3n) is 2.05. The van der Waals surface area contributed by atoms with Gasteiger partial charge in [-0.15, -0.1) is 11.8 Å². The number of aliphatic hydroxyl groups excluding tert-OH is 1. The summed E-state index contributed by atoms with van der Waals surface area (Å²) in [5.41, 5.74) is 6.25. The number of nitrogens with two attached hydrogens (primary N) is 1. The second kappa shape index (κ2) is 5.49. The molecular formula is C11H16FNOS. The van der Waals surface area contributed by atoms with Crippen molar-refractivity contribution in [2.75, 3.05) is 6.61 Å². The highest BCUT2D eigenvalue weighted by molar-refractivity contribution is 8.00. The molecule has 0 aliphatic heterocycles. The van der Waals surface area contributed by atoms with Crippen LogP contribution in [-0.4, -0.2) is 17.0 Å². The van der Waals surface area contributed by atoms with E-state index in [4.69, 9.17) is 10.8 Å². The first kappa shape index (κ1) is 12.5. The van der Waals surface area contributed by atoms with Crippen LogP contribution in [0.5, 0.6) is 0 Å². The standard InChI is InChI=1S/C11H16FNOS/c1-7(6-14)15-10-5-3-4-9(12)11(10)8(2)13/h3-5,7-8,14H,6,13H2,1-2H3. The van der Waals surface area contributed by atoms with E-state index in [-0.39, 0.29) is 23.7 Å². The van der Waals surface area contributed by atoms with Crippen molar-refractivity contribution in [3.63, 3.8) is 0 Å². The molecule has 0 amide bonds. The first-order valence-electron chi connectivity index (χ1n) is 4.87. The Morgan fingerprint density at radius 2 is 2.13 bits per heavy atom. The van der Waals surface area contributed by atoms with E-state index >= 15 is 0 Å². The zero-order valence-corrected chi connectivity index (χ0v) is 9.72. The summed E-state index contributed by atoms with van der Waals surface area (Å²) in [6.45, 7) is 3.71. The van der Waals surface area contributed by atoms with Crippen molar-refractivity contribution in [1.82, 2.24) is 0 Å². The molecule has 1 rings (SSSR count). The number of thioether (sulfide) groups is 1. The minimum Gasteiger partial charge on any atom is -0.395 e. The minimum absolute atomic E-state index is 0.0456. The van der Waals surface area contributed by atoms with Gasteiger partial charge in [0, 0.05) is 21.8 Å². The van der Waals surface area contributed by atoms with Gasteiger partial charge in [-0.25, -0.2) is 4.39 Å². The maximum absolute atomic E-state index is 13.5. The van der Waals surface area contributed by atoms with Gasteiger partial charge in [-0.3, -0.25) is 0 Å². The van der Waals surface area contributed by atoms with Gasteiger partial charge in [0.05, 0.1) is 6.61 Å². The van der Waals surface area contributed by atoms with Crippen molar-refractivity contribution in [2.45, 2.75) is 30.0 Å². The highest BCUT2D eigenvalue weighted by Gasteiger charge is 2.14. The molecule has 0 aliphatic carbocycles. The lowest BCUT2D eigenvalue weighted by Gasteiger charge is -2.15. The Hall–Kier alpha value is -0.580. The molecule has 2 nitrogen and oxygen atoms in total. The molecule has 84 valence electrons. The van der Waals surface area contributed by atoms with E-state index in [1.807, 2.05) is 13.0 Å². The van der Waals surface area contributed by atoms with Gasteiger partial charge >= 0.3 is 0 Å². The highest BCUT2D eigenvalue weighted by atomic mass is 32.2. The predicted octanol–water partition coefficient (Wildman–Crippen LogP) is 2.32. The van der Waals surface area contributed by atoms with E-state index in [1.54, 1.807) is 13.0 Å². The van der Waals surface area contributed by atoms with Crippen LogP contribution < -0.4 is 5.73 Å². The van der Waals surface area contributed by atoms with Gasteiger partial charge in [-0.1, -0.05) is 13.0 Å². The Bertz CT molecular complexity index is 330. The molecule has 0 heterocycles. The van der Waals surface area contributed by atoms with E-state index in [9.17, 15) is 4.39 Å². The Kier molecular flexibility index (Phi) is 4.57. The summed E-state index contributed by atoms with van der Waals surface area (Å²) in [5, 5.41) is 8.99. The minimum atomic E-state index is -0.334. The van der Waals surface area contributed by atoms with Crippen molar-refractivity contribution < 1.29 is 9.50 Å². The first-order chi connectivity index (χ1) is 7.06. The number of rotatable bonds is 4. The lowest BCUT2D eigenvalue weighted by atomic mass is 10.1. The van der Waals surface area contributed by atoms with Crippen molar-refractivity contribution in [3.8, 4) is 0 Å². The fourth-order valence-electron chi connectivity index (χ4n) is 1.32. The van der Waals surface area contributed by atoms with Crippen molar-refractivity contribution in [1.29, 1.82) is 0 Å².